The van der Waals surface area contributed by atoms with E-state index >= 15 is 0 Å². The van der Waals surface area contributed by atoms with Gasteiger partial charge in [0.25, 0.3) is 0 Å². The Labute approximate surface area is 103 Å². The molecule has 0 aliphatic carbocycles. The quantitative estimate of drug-likeness (QED) is 0.813. The van der Waals surface area contributed by atoms with Gasteiger partial charge in [-0.2, -0.15) is 0 Å². The second-order valence-corrected chi connectivity index (χ2v) is 3.69. The van der Waals surface area contributed by atoms with Crippen molar-refractivity contribution in [2.45, 2.75) is 0 Å². The number of nitrogens with two attached hydrogens (primary N) is 1. The minimum Gasteiger partial charge on any atom is -0.388 e. The molecule has 17 heavy (non-hydrogen) atoms. The molecule has 2 rings (SSSR count). The fourth-order valence-corrected chi connectivity index (χ4v) is 1.46. The molecule has 0 spiro atoms. The van der Waals surface area contributed by atoms with E-state index in [1.165, 1.54) is 24.5 Å². The van der Waals surface area contributed by atoms with E-state index in [0.717, 1.165) is 0 Å². The van der Waals surface area contributed by atoms with Gasteiger partial charge in [0.2, 0.25) is 0 Å². The highest BCUT2D eigenvalue weighted by Gasteiger charge is 2.07. The van der Waals surface area contributed by atoms with Crippen molar-refractivity contribution in [3.05, 3.63) is 48.2 Å². The standard InChI is InChI=1S/C11H9FN4S/c12-7-2-1-3-8(6-7)16-11-9(10(13)17)14-4-5-15-11/h1-6H,(H2,13,17)(H,15,16). The molecule has 4 nitrogen and oxygen atoms in total. The second-order valence-electron chi connectivity index (χ2n) is 3.25. The van der Waals surface area contributed by atoms with Crippen LogP contribution >= 0.6 is 12.2 Å². The van der Waals surface area contributed by atoms with Gasteiger partial charge in [0, 0.05) is 18.1 Å². The molecule has 86 valence electrons. The fourth-order valence-electron chi connectivity index (χ4n) is 1.31. The zero-order valence-electron chi connectivity index (χ0n) is 8.72. The van der Waals surface area contributed by atoms with Crippen molar-refractivity contribution in [2.75, 3.05) is 5.32 Å². The Morgan fingerprint density at radius 1 is 1.29 bits per heavy atom. The van der Waals surface area contributed by atoms with Gasteiger partial charge in [-0.1, -0.05) is 18.3 Å². The highest BCUT2D eigenvalue weighted by atomic mass is 32.1. The van der Waals surface area contributed by atoms with Crippen LogP contribution in [0.3, 0.4) is 0 Å². The molecule has 0 aliphatic rings. The summed E-state index contributed by atoms with van der Waals surface area (Å²) in [6.45, 7) is 0. The normalized spacial score (nSPS) is 9.94. The molecule has 0 radical (unpaired) electrons. The van der Waals surface area contributed by atoms with E-state index in [1.54, 1.807) is 12.1 Å². The van der Waals surface area contributed by atoms with Gasteiger partial charge in [-0.3, -0.25) is 0 Å². The molecule has 1 aromatic heterocycles. The Morgan fingerprint density at radius 3 is 2.76 bits per heavy atom. The number of nitrogens with zero attached hydrogens (tertiary/aromatic N) is 2. The average Bonchev–Trinajstić information content (AvgIpc) is 2.29. The maximum Gasteiger partial charge on any atom is 0.159 e. The van der Waals surface area contributed by atoms with Crippen molar-refractivity contribution in [1.29, 1.82) is 0 Å². The van der Waals surface area contributed by atoms with E-state index < -0.39 is 0 Å². The number of benzene rings is 1. The molecule has 1 aromatic carbocycles. The number of thiocarbonyl (C=S) groups is 1. The first-order chi connectivity index (χ1) is 8.16. The second kappa shape index (κ2) is 4.84. The summed E-state index contributed by atoms with van der Waals surface area (Å²) in [7, 11) is 0. The van der Waals surface area contributed by atoms with E-state index in [9.17, 15) is 4.39 Å². The monoisotopic (exact) mass is 248 g/mol. The number of halogens is 1. The van der Waals surface area contributed by atoms with E-state index in [2.05, 4.69) is 15.3 Å². The lowest BCUT2D eigenvalue weighted by Crippen LogP contribution is -2.14. The smallest absolute Gasteiger partial charge is 0.159 e. The molecule has 6 heteroatoms. The number of anilines is 2. The van der Waals surface area contributed by atoms with Crippen molar-refractivity contribution in [1.82, 2.24) is 9.97 Å². The molecule has 3 N–H and O–H groups in total. The van der Waals surface area contributed by atoms with Crippen LogP contribution in [0.1, 0.15) is 5.69 Å². The van der Waals surface area contributed by atoms with Gasteiger partial charge in [0.05, 0.1) is 0 Å². The molecule has 0 fully saturated rings. The van der Waals surface area contributed by atoms with Crippen LogP contribution < -0.4 is 11.1 Å². The van der Waals surface area contributed by atoms with Crippen LogP contribution in [0.2, 0.25) is 0 Å². The fraction of sp³-hybridized carbons (Fsp3) is 0. The first-order valence-corrected chi connectivity index (χ1v) is 5.21. The van der Waals surface area contributed by atoms with Crippen LogP contribution in [-0.4, -0.2) is 15.0 Å². The lowest BCUT2D eigenvalue weighted by molar-refractivity contribution is 0.628. The van der Waals surface area contributed by atoms with Crippen LogP contribution in [-0.2, 0) is 0 Å². The molecule has 0 saturated heterocycles. The number of hydrogen-bond donors (Lipinski definition) is 2. The summed E-state index contributed by atoms with van der Waals surface area (Å²) in [5.74, 6) is 0.0707. The molecular formula is C11H9FN4S. The van der Waals surface area contributed by atoms with Crippen LogP contribution in [0, 0.1) is 5.82 Å². The van der Waals surface area contributed by atoms with E-state index in [4.69, 9.17) is 18.0 Å². The van der Waals surface area contributed by atoms with Crippen LogP contribution in [0.25, 0.3) is 0 Å². The predicted octanol–water partition coefficient (Wildman–Crippen LogP) is 1.99. The zero-order valence-corrected chi connectivity index (χ0v) is 9.54. The summed E-state index contributed by atoms with van der Waals surface area (Å²) >= 11 is 4.85. The molecule has 0 bridgehead atoms. The first kappa shape index (κ1) is 11.4. The molecule has 0 atom stereocenters. The van der Waals surface area contributed by atoms with Gasteiger partial charge in [0.15, 0.2) is 5.82 Å². The molecule has 0 aliphatic heterocycles. The van der Waals surface area contributed by atoms with Crippen molar-refractivity contribution >= 4 is 28.7 Å². The third-order valence-corrected chi connectivity index (χ3v) is 2.21. The number of hydrogen-bond acceptors (Lipinski definition) is 4. The molecule has 1 heterocycles. The SMILES string of the molecule is NC(=S)c1nccnc1Nc1cccc(F)c1. The molecular weight excluding hydrogens is 239 g/mol. The highest BCUT2D eigenvalue weighted by Crippen LogP contribution is 2.17. The summed E-state index contributed by atoms with van der Waals surface area (Å²) in [5, 5.41) is 2.91. The maximum atomic E-state index is 13.0. The van der Waals surface area contributed by atoms with Crippen molar-refractivity contribution in [3.63, 3.8) is 0 Å². The van der Waals surface area contributed by atoms with Gasteiger partial charge in [-0.05, 0) is 18.2 Å². The molecule has 0 saturated carbocycles. The maximum absolute atomic E-state index is 13.0. The van der Waals surface area contributed by atoms with Gasteiger partial charge in [-0.15, -0.1) is 0 Å². The third kappa shape index (κ3) is 2.73. The predicted molar refractivity (Wildman–Crippen MR) is 67.6 cm³/mol. The summed E-state index contributed by atoms with van der Waals surface area (Å²) in [6.07, 6.45) is 2.99. The zero-order chi connectivity index (χ0) is 12.3. The van der Waals surface area contributed by atoms with Gasteiger partial charge in [-0.25, -0.2) is 14.4 Å². The Kier molecular flexibility index (Phi) is 3.24. The average molecular weight is 248 g/mol. The van der Waals surface area contributed by atoms with E-state index in [-0.39, 0.29) is 10.8 Å². The summed E-state index contributed by atoms with van der Waals surface area (Å²) < 4.78 is 13.0. The third-order valence-electron chi connectivity index (χ3n) is 2.02. The topological polar surface area (TPSA) is 63.8 Å². The Morgan fingerprint density at radius 2 is 2.06 bits per heavy atom. The van der Waals surface area contributed by atoms with Gasteiger partial charge in [0.1, 0.15) is 16.5 Å². The van der Waals surface area contributed by atoms with Crippen LogP contribution in [0.4, 0.5) is 15.9 Å². The Hall–Kier alpha value is -2.08. The summed E-state index contributed by atoms with van der Waals surface area (Å²) in [5.41, 5.74) is 6.45. The lowest BCUT2D eigenvalue weighted by Gasteiger charge is -2.08. The Bertz CT molecular complexity index is 559. The lowest BCUT2D eigenvalue weighted by atomic mass is 10.3. The van der Waals surface area contributed by atoms with Gasteiger partial charge >= 0.3 is 0 Å². The number of nitrogens with one attached hydrogen (secondary N) is 1. The molecule has 2 aromatic rings. The minimum absolute atomic E-state index is 0.136. The van der Waals surface area contributed by atoms with Crippen molar-refractivity contribution in [3.8, 4) is 0 Å². The first-order valence-electron chi connectivity index (χ1n) is 4.80. The van der Waals surface area contributed by atoms with Crippen LogP contribution in [0.15, 0.2) is 36.7 Å². The molecule has 0 unspecified atom stereocenters. The van der Waals surface area contributed by atoms with E-state index in [0.29, 0.717) is 17.2 Å². The number of rotatable bonds is 3. The number of aromatic nitrogens is 2. The molecule has 0 amide bonds. The highest BCUT2D eigenvalue weighted by molar-refractivity contribution is 7.80. The van der Waals surface area contributed by atoms with Gasteiger partial charge < -0.3 is 11.1 Å². The summed E-state index contributed by atoms with van der Waals surface area (Å²) in [4.78, 5) is 8.21. The Balaban J connectivity index is 2.33. The van der Waals surface area contributed by atoms with Crippen molar-refractivity contribution < 1.29 is 4.39 Å². The van der Waals surface area contributed by atoms with E-state index in [1.807, 2.05) is 0 Å². The van der Waals surface area contributed by atoms with Crippen LogP contribution in [0.5, 0.6) is 0 Å². The largest absolute Gasteiger partial charge is 0.388 e. The minimum atomic E-state index is -0.337. The summed E-state index contributed by atoms with van der Waals surface area (Å²) in [6, 6.07) is 6.00. The van der Waals surface area contributed by atoms with Crippen molar-refractivity contribution in [2.24, 2.45) is 5.73 Å².